The lowest BCUT2D eigenvalue weighted by Gasteiger charge is -2.03. The first-order chi connectivity index (χ1) is 7.26. The van der Waals surface area contributed by atoms with E-state index in [1.54, 1.807) is 7.11 Å². The van der Waals surface area contributed by atoms with Crippen LogP contribution in [0, 0.1) is 0 Å². The highest BCUT2D eigenvalue weighted by Crippen LogP contribution is 1.96. The van der Waals surface area contributed by atoms with Gasteiger partial charge in [-0.2, -0.15) is 0 Å². The summed E-state index contributed by atoms with van der Waals surface area (Å²) in [5, 5.41) is 2.97. The molecule has 0 aliphatic rings. The molecule has 0 saturated carbocycles. The fraction of sp³-hybridized carbons (Fsp3) is 0.600. The van der Waals surface area contributed by atoms with Crippen LogP contribution in [0.2, 0.25) is 0 Å². The van der Waals surface area contributed by atoms with Gasteiger partial charge in [-0.15, -0.1) is 0 Å². The predicted octanol–water partition coefficient (Wildman–Crippen LogP) is 0.0683. The average Bonchev–Trinajstić information content (AvgIpc) is 2.18. The molecule has 1 aromatic heterocycles. The highest BCUT2D eigenvalue weighted by molar-refractivity contribution is 5.02. The van der Waals surface area contributed by atoms with Gasteiger partial charge >= 0.3 is 0 Å². The van der Waals surface area contributed by atoms with E-state index in [2.05, 4.69) is 15.3 Å². The molecule has 0 unspecified atom stereocenters. The highest BCUT2D eigenvalue weighted by atomic mass is 16.5. The third-order valence-corrected chi connectivity index (χ3v) is 1.96. The van der Waals surface area contributed by atoms with E-state index in [0.717, 1.165) is 24.4 Å². The van der Waals surface area contributed by atoms with Gasteiger partial charge in [0.05, 0.1) is 5.69 Å². The lowest BCUT2D eigenvalue weighted by molar-refractivity contribution is 0.194. The second-order valence-electron chi connectivity index (χ2n) is 3.31. The third-order valence-electron chi connectivity index (χ3n) is 1.96. The first-order valence-electron chi connectivity index (χ1n) is 4.99. The Hall–Kier alpha value is -1.20. The average molecular weight is 211 g/mol. The Labute approximate surface area is 88.9 Å². The maximum Gasteiger partial charge on any atom is 0.251 e. The Balaban J connectivity index is 2.66. The molecule has 5 nitrogen and oxygen atoms in total. The monoisotopic (exact) mass is 211 g/mol. The summed E-state index contributed by atoms with van der Waals surface area (Å²) in [6.07, 6.45) is 1.60. The van der Waals surface area contributed by atoms with Crippen LogP contribution in [-0.4, -0.2) is 30.7 Å². The normalized spacial score (nSPS) is 10.5. The molecule has 0 spiro atoms. The molecule has 1 heterocycles. The predicted molar refractivity (Wildman–Crippen MR) is 57.8 cm³/mol. The maximum atomic E-state index is 11.3. The first kappa shape index (κ1) is 11.9. The van der Waals surface area contributed by atoms with Crippen LogP contribution in [0.1, 0.15) is 17.9 Å². The van der Waals surface area contributed by atoms with Crippen molar-refractivity contribution in [3.63, 3.8) is 0 Å². The smallest absolute Gasteiger partial charge is 0.251 e. The van der Waals surface area contributed by atoms with Crippen molar-refractivity contribution in [2.45, 2.75) is 19.4 Å². The number of nitrogens with one attached hydrogen (secondary N) is 2. The topological polar surface area (TPSA) is 67.0 Å². The molecule has 0 aliphatic heterocycles. The molecule has 0 aliphatic carbocycles. The van der Waals surface area contributed by atoms with Crippen LogP contribution in [0.4, 0.5) is 0 Å². The number of H-pyrrole nitrogens is 1. The number of hydrogen-bond donors (Lipinski definition) is 2. The number of ether oxygens (including phenoxy) is 1. The van der Waals surface area contributed by atoms with Crippen molar-refractivity contribution in [1.29, 1.82) is 0 Å². The molecule has 0 radical (unpaired) electrons. The van der Waals surface area contributed by atoms with Crippen LogP contribution in [-0.2, 0) is 17.7 Å². The third kappa shape index (κ3) is 4.22. The molecule has 5 heteroatoms. The zero-order valence-electron chi connectivity index (χ0n) is 9.17. The van der Waals surface area contributed by atoms with Gasteiger partial charge in [0, 0.05) is 32.7 Å². The van der Waals surface area contributed by atoms with E-state index in [0.29, 0.717) is 13.2 Å². The standard InChI is InChI=1S/C10H17N3O2/c1-11-7-8-6-10(14)13-9(12-8)4-3-5-15-2/h6,11H,3-5,7H2,1-2H3,(H,12,13,14). The fourth-order valence-corrected chi connectivity index (χ4v) is 1.34. The number of nitrogens with zero attached hydrogens (tertiary/aromatic N) is 1. The van der Waals surface area contributed by atoms with Gasteiger partial charge in [0.25, 0.3) is 5.56 Å². The van der Waals surface area contributed by atoms with Crippen LogP contribution >= 0.6 is 0 Å². The Kier molecular flexibility index (Phi) is 5.00. The summed E-state index contributed by atoms with van der Waals surface area (Å²) in [4.78, 5) is 18.3. The van der Waals surface area contributed by atoms with Crippen molar-refractivity contribution < 1.29 is 4.74 Å². The fourth-order valence-electron chi connectivity index (χ4n) is 1.34. The Morgan fingerprint density at radius 2 is 2.40 bits per heavy atom. The zero-order chi connectivity index (χ0) is 11.1. The lowest BCUT2D eigenvalue weighted by Crippen LogP contribution is -2.16. The minimum absolute atomic E-state index is 0.0948. The molecule has 0 aromatic carbocycles. The second-order valence-corrected chi connectivity index (χ2v) is 3.31. The van der Waals surface area contributed by atoms with Gasteiger partial charge in [-0.1, -0.05) is 0 Å². The molecule has 1 aromatic rings. The van der Waals surface area contributed by atoms with Crippen LogP contribution in [0.25, 0.3) is 0 Å². The molecule has 0 atom stereocenters. The van der Waals surface area contributed by atoms with Crippen molar-refractivity contribution in [2.75, 3.05) is 20.8 Å². The van der Waals surface area contributed by atoms with Crippen LogP contribution in [0.3, 0.4) is 0 Å². The van der Waals surface area contributed by atoms with Crippen molar-refractivity contribution in [3.8, 4) is 0 Å². The van der Waals surface area contributed by atoms with E-state index in [1.165, 1.54) is 6.07 Å². The minimum atomic E-state index is -0.0948. The molecule has 0 saturated heterocycles. The summed E-state index contributed by atoms with van der Waals surface area (Å²) in [5.74, 6) is 0.727. The summed E-state index contributed by atoms with van der Waals surface area (Å²) in [6.45, 7) is 1.29. The Morgan fingerprint density at radius 3 is 3.07 bits per heavy atom. The van der Waals surface area contributed by atoms with Gasteiger partial charge in [-0.25, -0.2) is 4.98 Å². The summed E-state index contributed by atoms with van der Waals surface area (Å²) >= 11 is 0. The van der Waals surface area contributed by atoms with Gasteiger partial charge in [0.2, 0.25) is 0 Å². The summed E-state index contributed by atoms with van der Waals surface area (Å²) in [5.41, 5.74) is 0.677. The SMILES string of the molecule is CNCc1cc(=O)[nH]c(CCCOC)n1. The number of methoxy groups -OCH3 is 1. The number of rotatable bonds is 6. The summed E-state index contributed by atoms with van der Waals surface area (Å²) in [6, 6.07) is 1.51. The van der Waals surface area contributed by atoms with Crippen molar-refractivity contribution in [2.24, 2.45) is 0 Å². The molecule has 2 N–H and O–H groups in total. The van der Waals surface area contributed by atoms with Gasteiger partial charge in [-0.05, 0) is 13.5 Å². The van der Waals surface area contributed by atoms with Gasteiger partial charge in [-0.3, -0.25) is 4.79 Å². The van der Waals surface area contributed by atoms with E-state index in [1.807, 2.05) is 7.05 Å². The van der Waals surface area contributed by atoms with Crippen LogP contribution in [0.15, 0.2) is 10.9 Å². The number of aromatic nitrogens is 2. The van der Waals surface area contributed by atoms with Crippen LogP contribution < -0.4 is 10.9 Å². The zero-order valence-corrected chi connectivity index (χ0v) is 9.17. The molecule has 0 fully saturated rings. The van der Waals surface area contributed by atoms with Gasteiger partial charge in [0.15, 0.2) is 0 Å². The highest BCUT2D eigenvalue weighted by Gasteiger charge is 2.00. The van der Waals surface area contributed by atoms with Gasteiger partial charge in [0.1, 0.15) is 5.82 Å². The molecular formula is C10H17N3O2. The molecule has 84 valence electrons. The van der Waals surface area contributed by atoms with Crippen molar-refractivity contribution >= 4 is 0 Å². The largest absolute Gasteiger partial charge is 0.385 e. The van der Waals surface area contributed by atoms with Crippen LogP contribution in [0.5, 0.6) is 0 Å². The Morgan fingerprint density at radius 1 is 1.60 bits per heavy atom. The number of hydrogen-bond acceptors (Lipinski definition) is 4. The molecule has 0 amide bonds. The molecule has 15 heavy (non-hydrogen) atoms. The van der Waals surface area contributed by atoms with Gasteiger partial charge < -0.3 is 15.0 Å². The molecule has 0 bridgehead atoms. The van der Waals surface area contributed by atoms with E-state index < -0.39 is 0 Å². The van der Waals surface area contributed by atoms with E-state index in [-0.39, 0.29) is 5.56 Å². The van der Waals surface area contributed by atoms with E-state index in [9.17, 15) is 4.79 Å². The maximum absolute atomic E-state index is 11.3. The second kappa shape index (κ2) is 6.31. The number of aromatic amines is 1. The van der Waals surface area contributed by atoms with E-state index in [4.69, 9.17) is 4.74 Å². The summed E-state index contributed by atoms with van der Waals surface area (Å²) < 4.78 is 4.94. The quantitative estimate of drug-likeness (QED) is 0.653. The summed E-state index contributed by atoms with van der Waals surface area (Å²) in [7, 11) is 3.49. The minimum Gasteiger partial charge on any atom is -0.385 e. The molecular weight excluding hydrogens is 194 g/mol. The Bertz CT molecular complexity index is 349. The number of aryl methyl sites for hydroxylation is 1. The first-order valence-corrected chi connectivity index (χ1v) is 4.99. The molecule has 1 rings (SSSR count). The van der Waals surface area contributed by atoms with E-state index >= 15 is 0 Å². The van der Waals surface area contributed by atoms with Crippen molar-refractivity contribution in [1.82, 2.24) is 15.3 Å². The lowest BCUT2D eigenvalue weighted by atomic mass is 10.3. The van der Waals surface area contributed by atoms with Crippen molar-refractivity contribution in [3.05, 3.63) is 27.9 Å².